The van der Waals surface area contributed by atoms with Crippen molar-refractivity contribution in [2.24, 2.45) is 5.73 Å². The van der Waals surface area contributed by atoms with Crippen molar-refractivity contribution in [2.75, 3.05) is 33.2 Å². The monoisotopic (exact) mass is 491 g/mol. The number of aliphatic carboxylic acids is 1. The van der Waals surface area contributed by atoms with Crippen LogP contribution in [0, 0.1) is 11.6 Å². The normalized spacial score (nSPS) is 11.7. The molecular weight excluding hydrogens is 472 g/mol. The lowest BCUT2D eigenvalue weighted by molar-refractivity contribution is -0.138. The molecule has 0 bridgehead atoms. The Balaban J connectivity index is 2.31. The fourth-order valence-electron chi connectivity index (χ4n) is 2.60. The number of primary amides is 1. The molecule has 2 aromatic rings. The Bertz CT molecular complexity index is 1080. The quantitative estimate of drug-likeness (QED) is 0.491. The maximum Gasteiger partial charge on any atom is 0.317 e. The molecule has 3 N–H and O–H groups in total. The predicted octanol–water partition coefficient (Wildman–Crippen LogP) is 1.90. The molecule has 0 spiro atoms. The van der Waals surface area contributed by atoms with Gasteiger partial charge >= 0.3 is 5.97 Å². The van der Waals surface area contributed by atoms with Crippen molar-refractivity contribution in [3.8, 4) is 11.5 Å². The van der Waals surface area contributed by atoms with Gasteiger partial charge in [0.2, 0.25) is 15.9 Å². The molecule has 0 unspecified atom stereocenters. The van der Waals surface area contributed by atoms with Crippen LogP contribution in [0.15, 0.2) is 41.3 Å². The highest BCUT2D eigenvalue weighted by atomic mass is 35.5. The van der Waals surface area contributed by atoms with Crippen molar-refractivity contribution in [3.63, 3.8) is 0 Å². The summed E-state index contributed by atoms with van der Waals surface area (Å²) in [6.07, 6.45) is 0. The second-order valence-corrected chi connectivity index (χ2v) is 9.08. The van der Waals surface area contributed by atoms with Gasteiger partial charge in [-0.1, -0.05) is 11.6 Å². The van der Waals surface area contributed by atoms with E-state index in [9.17, 15) is 26.8 Å². The summed E-state index contributed by atoms with van der Waals surface area (Å²) in [5.74, 6) is -5.48. The van der Waals surface area contributed by atoms with Crippen LogP contribution in [0.2, 0.25) is 5.02 Å². The van der Waals surface area contributed by atoms with Gasteiger partial charge in [-0.05, 0) is 43.4 Å². The first kappa shape index (κ1) is 25.5. The van der Waals surface area contributed by atoms with E-state index in [4.69, 9.17) is 27.2 Å². The minimum atomic E-state index is -4.56. The Labute approximate surface area is 188 Å². The van der Waals surface area contributed by atoms with E-state index in [1.54, 1.807) is 0 Å². The van der Waals surface area contributed by atoms with Gasteiger partial charge in [0.25, 0.3) is 0 Å². The number of rotatable bonds is 11. The van der Waals surface area contributed by atoms with Crippen LogP contribution in [0.3, 0.4) is 0 Å². The van der Waals surface area contributed by atoms with Crippen molar-refractivity contribution < 1.29 is 36.6 Å². The van der Waals surface area contributed by atoms with Crippen molar-refractivity contribution >= 4 is 33.5 Å². The van der Waals surface area contributed by atoms with Gasteiger partial charge in [-0.25, -0.2) is 17.2 Å². The largest absolute Gasteiger partial charge is 0.480 e. The number of carbonyl (C=O) groups excluding carboxylic acids is 1. The number of ether oxygens (including phenoxy) is 1. The summed E-state index contributed by atoms with van der Waals surface area (Å²) in [7, 11) is -3.13. The molecule has 0 aliphatic carbocycles. The molecule has 32 heavy (non-hydrogen) atoms. The van der Waals surface area contributed by atoms with Gasteiger partial charge in [-0.15, -0.1) is 0 Å². The van der Waals surface area contributed by atoms with Crippen molar-refractivity contribution in [1.82, 2.24) is 9.21 Å². The van der Waals surface area contributed by atoms with E-state index in [0.29, 0.717) is 21.5 Å². The van der Waals surface area contributed by atoms with E-state index >= 15 is 0 Å². The van der Waals surface area contributed by atoms with Crippen LogP contribution < -0.4 is 10.5 Å². The average Bonchev–Trinajstić information content (AvgIpc) is 2.68. The van der Waals surface area contributed by atoms with Gasteiger partial charge in [0.05, 0.1) is 18.0 Å². The van der Waals surface area contributed by atoms with E-state index in [1.807, 2.05) is 0 Å². The van der Waals surface area contributed by atoms with E-state index in [2.05, 4.69) is 0 Å². The SMILES string of the molecule is CN(CCN(CC(N)=O)S(=O)(=O)c1cc(F)c(Oc2ccc(Cl)cc2)c(F)c1)CC(=O)O. The maximum atomic E-state index is 14.6. The van der Waals surface area contributed by atoms with E-state index in [0.717, 1.165) is 0 Å². The van der Waals surface area contributed by atoms with Crippen molar-refractivity contribution in [3.05, 3.63) is 53.1 Å². The number of nitrogens with zero attached hydrogens (tertiary/aromatic N) is 2. The molecule has 13 heteroatoms. The lowest BCUT2D eigenvalue weighted by Gasteiger charge is -2.23. The third kappa shape index (κ3) is 6.85. The Morgan fingerprint density at radius 3 is 2.16 bits per heavy atom. The topological polar surface area (TPSA) is 130 Å². The number of nitrogens with two attached hydrogens (primary N) is 1. The summed E-state index contributed by atoms with van der Waals surface area (Å²) < 4.78 is 60.7. The highest BCUT2D eigenvalue weighted by Crippen LogP contribution is 2.31. The molecule has 0 aliphatic heterocycles. The first-order valence-corrected chi connectivity index (χ1v) is 10.8. The van der Waals surface area contributed by atoms with Crippen LogP contribution >= 0.6 is 11.6 Å². The van der Waals surface area contributed by atoms with Gasteiger partial charge in [-0.3, -0.25) is 14.5 Å². The summed E-state index contributed by atoms with van der Waals surface area (Å²) in [5, 5.41) is 9.17. The van der Waals surface area contributed by atoms with Gasteiger partial charge in [-0.2, -0.15) is 4.31 Å². The zero-order valence-corrected chi connectivity index (χ0v) is 18.4. The third-order valence-electron chi connectivity index (χ3n) is 4.11. The third-order valence-corrected chi connectivity index (χ3v) is 6.19. The van der Waals surface area contributed by atoms with Crippen LogP contribution in [0.1, 0.15) is 0 Å². The first-order chi connectivity index (χ1) is 14.9. The van der Waals surface area contributed by atoms with Crippen LogP contribution in [0.5, 0.6) is 11.5 Å². The summed E-state index contributed by atoms with van der Waals surface area (Å²) in [5.41, 5.74) is 5.11. The summed E-state index contributed by atoms with van der Waals surface area (Å²) in [6.45, 7) is -1.58. The molecule has 1 amide bonds. The number of carboxylic acids is 1. The molecule has 2 aromatic carbocycles. The summed E-state index contributed by atoms with van der Waals surface area (Å²) in [4.78, 5) is 22.6. The number of sulfonamides is 1. The van der Waals surface area contributed by atoms with Gasteiger partial charge in [0.15, 0.2) is 17.4 Å². The second-order valence-electron chi connectivity index (χ2n) is 6.71. The van der Waals surface area contributed by atoms with E-state index < -0.39 is 50.7 Å². The molecule has 0 heterocycles. The van der Waals surface area contributed by atoms with Gasteiger partial charge < -0.3 is 15.6 Å². The second kappa shape index (κ2) is 10.7. The fraction of sp³-hybridized carbons (Fsp3) is 0.263. The van der Waals surface area contributed by atoms with Crippen molar-refractivity contribution in [1.29, 1.82) is 0 Å². The average molecular weight is 492 g/mol. The fourth-order valence-corrected chi connectivity index (χ4v) is 4.15. The molecular formula is C19H20ClF2N3O6S. The lowest BCUT2D eigenvalue weighted by atomic mass is 10.3. The molecule has 0 radical (unpaired) electrons. The number of likely N-dealkylation sites (N-methyl/N-ethyl adjacent to an activating group) is 1. The molecule has 9 nitrogen and oxygen atoms in total. The lowest BCUT2D eigenvalue weighted by Crippen LogP contribution is -2.43. The van der Waals surface area contributed by atoms with Gasteiger partial charge in [0.1, 0.15) is 5.75 Å². The highest BCUT2D eigenvalue weighted by molar-refractivity contribution is 7.89. The number of hydrogen-bond acceptors (Lipinski definition) is 6. The summed E-state index contributed by atoms with van der Waals surface area (Å²) in [6, 6.07) is 6.72. The number of carbonyl (C=O) groups is 2. The zero-order valence-electron chi connectivity index (χ0n) is 16.8. The molecule has 0 aromatic heterocycles. The Kier molecular flexibility index (Phi) is 8.50. The first-order valence-electron chi connectivity index (χ1n) is 9.01. The molecule has 2 rings (SSSR count). The Morgan fingerprint density at radius 2 is 1.66 bits per heavy atom. The Hall–Kier alpha value is -2.80. The highest BCUT2D eigenvalue weighted by Gasteiger charge is 2.29. The number of amides is 1. The molecule has 174 valence electrons. The smallest absolute Gasteiger partial charge is 0.317 e. The molecule has 0 aliphatic rings. The number of hydrogen-bond donors (Lipinski definition) is 2. The molecule has 0 saturated heterocycles. The van der Waals surface area contributed by atoms with E-state index in [-0.39, 0.29) is 25.4 Å². The summed E-state index contributed by atoms with van der Waals surface area (Å²) >= 11 is 5.74. The minimum Gasteiger partial charge on any atom is -0.480 e. The maximum absolute atomic E-state index is 14.6. The Morgan fingerprint density at radius 1 is 1.09 bits per heavy atom. The number of carboxylic acid groups (broad SMARTS) is 1. The van der Waals surface area contributed by atoms with E-state index in [1.165, 1.54) is 36.2 Å². The molecule has 0 atom stereocenters. The molecule has 0 saturated carbocycles. The van der Waals surface area contributed by atoms with Crippen LogP contribution in [0.4, 0.5) is 8.78 Å². The zero-order chi connectivity index (χ0) is 24.1. The number of benzene rings is 2. The van der Waals surface area contributed by atoms with Gasteiger partial charge in [0, 0.05) is 18.1 Å². The molecule has 0 fully saturated rings. The van der Waals surface area contributed by atoms with Crippen LogP contribution in [-0.2, 0) is 19.6 Å². The number of halogens is 3. The standard InChI is InChI=1S/C19H20ClF2N3O6S/c1-24(11-18(27)28)6-7-25(10-17(23)26)32(29,30)14-8-15(21)19(16(22)9-14)31-13-4-2-12(20)3-5-13/h2-5,8-9H,6-7,10-11H2,1H3,(H2,23,26)(H,27,28). The minimum absolute atomic E-state index is 0.0691. The van der Waals surface area contributed by atoms with Crippen molar-refractivity contribution in [2.45, 2.75) is 4.90 Å². The van der Waals surface area contributed by atoms with Crippen LogP contribution in [0.25, 0.3) is 0 Å². The van der Waals surface area contributed by atoms with Crippen LogP contribution in [-0.4, -0.2) is 67.8 Å². The predicted molar refractivity (Wildman–Crippen MR) is 111 cm³/mol.